The lowest BCUT2D eigenvalue weighted by atomic mass is 10.1. The van der Waals surface area contributed by atoms with Crippen LogP contribution in [0.3, 0.4) is 0 Å². The van der Waals surface area contributed by atoms with Gasteiger partial charge in [-0.05, 0) is 32.2 Å². The number of rotatable bonds is 3. The van der Waals surface area contributed by atoms with Crippen molar-refractivity contribution in [1.29, 1.82) is 0 Å². The van der Waals surface area contributed by atoms with E-state index in [-0.39, 0.29) is 6.04 Å². The molecule has 0 aromatic heterocycles. The minimum atomic E-state index is 0.249. The lowest BCUT2D eigenvalue weighted by Gasteiger charge is -2.15. The molecule has 1 unspecified atom stereocenters. The van der Waals surface area contributed by atoms with Crippen LogP contribution >= 0.6 is 0 Å². The van der Waals surface area contributed by atoms with Gasteiger partial charge in [-0.15, -0.1) is 0 Å². The maximum Gasteiger partial charge on any atom is 0.123 e. The molecule has 0 bridgehead atoms. The van der Waals surface area contributed by atoms with Crippen molar-refractivity contribution in [3.05, 3.63) is 23.8 Å². The van der Waals surface area contributed by atoms with Crippen molar-refractivity contribution < 1.29 is 4.74 Å². The number of hydrogen-bond donors (Lipinski definition) is 2. The number of methoxy groups -OCH3 is 1. The minimum absolute atomic E-state index is 0.249. The van der Waals surface area contributed by atoms with E-state index < -0.39 is 0 Å². The third-order valence-corrected chi connectivity index (χ3v) is 2.15. The molecule has 0 aliphatic carbocycles. The first-order valence-electron chi connectivity index (χ1n) is 4.29. The number of benzene rings is 1. The second-order valence-corrected chi connectivity index (χ2v) is 3.01. The van der Waals surface area contributed by atoms with Crippen LogP contribution < -0.4 is 15.8 Å². The van der Waals surface area contributed by atoms with Crippen LogP contribution in [0, 0.1) is 0 Å². The van der Waals surface area contributed by atoms with Gasteiger partial charge in [-0.25, -0.2) is 0 Å². The van der Waals surface area contributed by atoms with Gasteiger partial charge in [0.1, 0.15) is 5.75 Å². The SMILES string of the molecule is CNC(C)c1cc(N)ccc1OC. The van der Waals surface area contributed by atoms with Gasteiger partial charge in [0.25, 0.3) is 0 Å². The molecule has 0 fully saturated rings. The number of nitrogens with one attached hydrogen (secondary N) is 1. The summed E-state index contributed by atoms with van der Waals surface area (Å²) in [4.78, 5) is 0. The molecular weight excluding hydrogens is 164 g/mol. The Morgan fingerprint density at radius 3 is 2.69 bits per heavy atom. The third-order valence-electron chi connectivity index (χ3n) is 2.15. The standard InChI is InChI=1S/C10H16N2O/c1-7(12-2)9-6-8(11)4-5-10(9)13-3/h4-7,12H,11H2,1-3H3. The Morgan fingerprint density at radius 1 is 1.46 bits per heavy atom. The zero-order chi connectivity index (χ0) is 9.84. The van der Waals surface area contributed by atoms with E-state index in [0.717, 1.165) is 17.0 Å². The highest BCUT2D eigenvalue weighted by atomic mass is 16.5. The summed E-state index contributed by atoms with van der Waals surface area (Å²) in [5.74, 6) is 0.871. The number of ether oxygens (including phenoxy) is 1. The number of nitrogen functional groups attached to an aromatic ring is 1. The van der Waals surface area contributed by atoms with E-state index in [2.05, 4.69) is 12.2 Å². The number of hydrogen-bond acceptors (Lipinski definition) is 3. The van der Waals surface area contributed by atoms with Gasteiger partial charge in [-0.2, -0.15) is 0 Å². The summed E-state index contributed by atoms with van der Waals surface area (Å²) in [6, 6.07) is 5.90. The first-order valence-corrected chi connectivity index (χ1v) is 4.29. The molecule has 13 heavy (non-hydrogen) atoms. The molecule has 0 amide bonds. The molecule has 1 atom stereocenters. The molecule has 0 heterocycles. The second kappa shape index (κ2) is 4.14. The monoisotopic (exact) mass is 180 g/mol. The van der Waals surface area contributed by atoms with E-state index in [1.165, 1.54) is 0 Å². The lowest BCUT2D eigenvalue weighted by Crippen LogP contribution is -2.13. The Morgan fingerprint density at radius 2 is 2.15 bits per heavy atom. The summed E-state index contributed by atoms with van der Waals surface area (Å²) < 4.78 is 5.23. The van der Waals surface area contributed by atoms with Gasteiger partial charge in [-0.3, -0.25) is 0 Å². The zero-order valence-corrected chi connectivity index (χ0v) is 8.29. The van der Waals surface area contributed by atoms with Gasteiger partial charge < -0.3 is 15.8 Å². The van der Waals surface area contributed by atoms with Crippen molar-refractivity contribution in [3.8, 4) is 5.75 Å². The molecular formula is C10H16N2O. The first kappa shape index (κ1) is 9.86. The zero-order valence-electron chi connectivity index (χ0n) is 8.29. The van der Waals surface area contributed by atoms with E-state index in [4.69, 9.17) is 10.5 Å². The maximum absolute atomic E-state index is 5.69. The average Bonchev–Trinajstić information content (AvgIpc) is 2.16. The Bertz CT molecular complexity index is 286. The summed E-state index contributed by atoms with van der Waals surface area (Å²) in [5, 5.41) is 3.15. The van der Waals surface area contributed by atoms with Crippen molar-refractivity contribution in [2.45, 2.75) is 13.0 Å². The summed E-state index contributed by atoms with van der Waals surface area (Å²) >= 11 is 0. The minimum Gasteiger partial charge on any atom is -0.496 e. The fraction of sp³-hybridized carbons (Fsp3) is 0.400. The molecule has 1 aromatic rings. The van der Waals surface area contributed by atoms with E-state index >= 15 is 0 Å². The van der Waals surface area contributed by atoms with Crippen molar-refractivity contribution in [2.24, 2.45) is 0 Å². The van der Waals surface area contributed by atoms with Gasteiger partial charge in [0.2, 0.25) is 0 Å². The maximum atomic E-state index is 5.69. The predicted molar refractivity (Wildman–Crippen MR) is 54.9 cm³/mol. The predicted octanol–water partition coefficient (Wildman–Crippen LogP) is 1.56. The lowest BCUT2D eigenvalue weighted by molar-refractivity contribution is 0.404. The Hall–Kier alpha value is -1.22. The van der Waals surface area contributed by atoms with Crippen molar-refractivity contribution in [2.75, 3.05) is 19.9 Å². The van der Waals surface area contributed by atoms with E-state index in [9.17, 15) is 0 Å². The van der Waals surface area contributed by atoms with Crippen molar-refractivity contribution in [3.63, 3.8) is 0 Å². The van der Waals surface area contributed by atoms with Crippen LogP contribution in [0.5, 0.6) is 5.75 Å². The Balaban J connectivity index is 3.07. The molecule has 3 heteroatoms. The number of anilines is 1. The van der Waals surface area contributed by atoms with Crippen molar-refractivity contribution >= 4 is 5.69 Å². The van der Waals surface area contributed by atoms with Crippen LogP contribution in [0.15, 0.2) is 18.2 Å². The highest BCUT2D eigenvalue weighted by molar-refractivity contribution is 5.49. The molecule has 0 saturated carbocycles. The van der Waals surface area contributed by atoms with Gasteiger partial charge in [0, 0.05) is 17.3 Å². The normalized spacial score (nSPS) is 12.5. The molecule has 72 valence electrons. The number of nitrogens with two attached hydrogens (primary N) is 1. The smallest absolute Gasteiger partial charge is 0.123 e. The molecule has 3 N–H and O–H groups in total. The molecule has 1 rings (SSSR count). The van der Waals surface area contributed by atoms with Gasteiger partial charge >= 0.3 is 0 Å². The largest absolute Gasteiger partial charge is 0.496 e. The quantitative estimate of drug-likeness (QED) is 0.694. The Labute approximate surface area is 78.9 Å². The average molecular weight is 180 g/mol. The fourth-order valence-corrected chi connectivity index (χ4v) is 1.25. The highest BCUT2D eigenvalue weighted by Crippen LogP contribution is 2.26. The fourth-order valence-electron chi connectivity index (χ4n) is 1.25. The summed E-state index contributed by atoms with van der Waals surface area (Å²) in [5.41, 5.74) is 7.54. The van der Waals surface area contributed by atoms with Crippen LogP contribution in [0.4, 0.5) is 5.69 Å². The first-order chi connectivity index (χ1) is 6.19. The van der Waals surface area contributed by atoms with E-state index in [1.54, 1.807) is 7.11 Å². The van der Waals surface area contributed by atoms with Gasteiger partial charge in [0.15, 0.2) is 0 Å². The summed E-state index contributed by atoms with van der Waals surface area (Å²) in [6.45, 7) is 2.07. The summed E-state index contributed by atoms with van der Waals surface area (Å²) in [7, 11) is 3.57. The third kappa shape index (κ3) is 2.12. The van der Waals surface area contributed by atoms with Gasteiger partial charge in [0.05, 0.1) is 7.11 Å². The molecule has 3 nitrogen and oxygen atoms in total. The molecule has 0 radical (unpaired) electrons. The highest BCUT2D eigenvalue weighted by Gasteiger charge is 2.09. The van der Waals surface area contributed by atoms with Crippen LogP contribution in [-0.4, -0.2) is 14.2 Å². The Kier molecular flexibility index (Phi) is 3.14. The van der Waals surface area contributed by atoms with Crippen LogP contribution in [0.1, 0.15) is 18.5 Å². The van der Waals surface area contributed by atoms with Crippen LogP contribution in [-0.2, 0) is 0 Å². The molecule has 1 aromatic carbocycles. The summed E-state index contributed by atoms with van der Waals surface area (Å²) in [6.07, 6.45) is 0. The molecule has 0 saturated heterocycles. The molecule has 0 aliphatic heterocycles. The topological polar surface area (TPSA) is 47.3 Å². The van der Waals surface area contributed by atoms with Crippen LogP contribution in [0.2, 0.25) is 0 Å². The van der Waals surface area contributed by atoms with Crippen molar-refractivity contribution in [1.82, 2.24) is 5.32 Å². The van der Waals surface area contributed by atoms with E-state index in [0.29, 0.717) is 0 Å². The van der Waals surface area contributed by atoms with Gasteiger partial charge in [-0.1, -0.05) is 0 Å². The van der Waals surface area contributed by atoms with E-state index in [1.807, 2.05) is 25.2 Å². The molecule has 0 aliphatic rings. The molecule has 0 spiro atoms. The van der Waals surface area contributed by atoms with Crippen LogP contribution in [0.25, 0.3) is 0 Å². The second-order valence-electron chi connectivity index (χ2n) is 3.01.